The predicted octanol–water partition coefficient (Wildman–Crippen LogP) is 0.911. The Morgan fingerprint density at radius 2 is 2.28 bits per heavy atom. The van der Waals surface area contributed by atoms with Crippen LogP contribution in [-0.4, -0.2) is 53.2 Å². The van der Waals surface area contributed by atoms with E-state index in [1.165, 1.54) is 12.8 Å². The first kappa shape index (κ1) is 16.1. The van der Waals surface area contributed by atoms with Gasteiger partial charge in [-0.2, -0.15) is 0 Å². The summed E-state index contributed by atoms with van der Waals surface area (Å²) in [5.41, 5.74) is 0. The Morgan fingerprint density at radius 3 is 2.94 bits per heavy atom. The molecular formula is C13H27NO3S. The lowest BCUT2D eigenvalue weighted by Gasteiger charge is -2.26. The molecule has 18 heavy (non-hydrogen) atoms. The van der Waals surface area contributed by atoms with E-state index >= 15 is 0 Å². The van der Waals surface area contributed by atoms with Crippen molar-refractivity contribution in [1.29, 1.82) is 0 Å². The normalized spacial score (nSPS) is 27.9. The minimum absolute atomic E-state index is 0.294. The van der Waals surface area contributed by atoms with Crippen molar-refractivity contribution in [3.05, 3.63) is 0 Å². The molecule has 1 rings (SSSR count). The van der Waals surface area contributed by atoms with Crippen LogP contribution in [0.2, 0.25) is 0 Å². The van der Waals surface area contributed by atoms with Crippen molar-refractivity contribution in [3.8, 4) is 0 Å². The molecule has 0 radical (unpaired) electrons. The zero-order valence-electron chi connectivity index (χ0n) is 11.6. The molecule has 0 aliphatic heterocycles. The minimum atomic E-state index is -0.886. The molecule has 4 atom stereocenters. The SMILES string of the molecule is COCCNCC(O)CS(=O)C1CCCC(C)C1. The van der Waals surface area contributed by atoms with Crippen LogP contribution in [-0.2, 0) is 15.5 Å². The highest BCUT2D eigenvalue weighted by Gasteiger charge is 2.25. The number of hydrogen-bond donors (Lipinski definition) is 2. The number of rotatable bonds is 8. The van der Waals surface area contributed by atoms with Gasteiger partial charge in [-0.15, -0.1) is 0 Å². The van der Waals surface area contributed by atoms with Crippen molar-refractivity contribution in [2.75, 3.05) is 32.6 Å². The van der Waals surface area contributed by atoms with Gasteiger partial charge in [0.05, 0.1) is 18.5 Å². The van der Waals surface area contributed by atoms with Crippen molar-refractivity contribution < 1.29 is 14.1 Å². The zero-order chi connectivity index (χ0) is 13.4. The van der Waals surface area contributed by atoms with Crippen LogP contribution >= 0.6 is 0 Å². The molecule has 0 spiro atoms. The van der Waals surface area contributed by atoms with Crippen LogP contribution < -0.4 is 5.32 Å². The standard InChI is InChI=1S/C13H27NO3S/c1-11-4-3-5-13(8-11)18(16)10-12(15)9-14-6-7-17-2/h11-15H,3-10H2,1-2H3. The summed E-state index contributed by atoms with van der Waals surface area (Å²) >= 11 is 0. The molecule has 0 aromatic heterocycles. The first-order valence-electron chi connectivity index (χ1n) is 6.88. The number of aliphatic hydroxyl groups excluding tert-OH is 1. The first-order valence-corrected chi connectivity index (χ1v) is 8.26. The summed E-state index contributed by atoms with van der Waals surface area (Å²) in [5.74, 6) is 1.09. The summed E-state index contributed by atoms with van der Waals surface area (Å²) in [6.45, 7) is 4.08. The smallest absolute Gasteiger partial charge is 0.0779 e. The molecule has 1 aliphatic carbocycles. The third-order valence-corrected chi connectivity index (χ3v) is 5.36. The molecule has 0 heterocycles. The Bertz CT molecular complexity index is 250. The van der Waals surface area contributed by atoms with Gasteiger partial charge in [-0.25, -0.2) is 0 Å². The van der Waals surface area contributed by atoms with Gasteiger partial charge in [0.25, 0.3) is 0 Å². The minimum Gasteiger partial charge on any atom is -0.391 e. The molecule has 1 fully saturated rings. The van der Waals surface area contributed by atoms with Gasteiger partial charge in [-0.1, -0.05) is 19.8 Å². The monoisotopic (exact) mass is 277 g/mol. The molecule has 0 aromatic rings. The fraction of sp³-hybridized carbons (Fsp3) is 1.00. The Labute approximate surface area is 113 Å². The van der Waals surface area contributed by atoms with Gasteiger partial charge in [0, 0.05) is 36.2 Å². The van der Waals surface area contributed by atoms with E-state index < -0.39 is 16.9 Å². The van der Waals surface area contributed by atoms with Gasteiger partial charge in [0.2, 0.25) is 0 Å². The van der Waals surface area contributed by atoms with E-state index in [9.17, 15) is 9.32 Å². The summed E-state index contributed by atoms with van der Waals surface area (Å²) in [6.07, 6.45) is 4.03. The number of hydrogen-bond acceptors (Lipinski definition) is 4. The third-order valence-electron chi connectivity index (χ3n) is 3.48. The highest BCUT2D eigenvalue weighted by atomic mass is 32.2. The average molecular weight is 277 g/mol. The van der Waals surface area contributed by atoms with E-state index in [4.69, 9.17) is 4.74 Å². The van der Waals surface area contributed by atoms with Crippen molar-refractivity contribution in [2.24, 2.45) is 5.92 Å². The molecular weight excluding hydrogens is 250 g/mol. The highest BCUT2D eigenvalue weighted by molar-refractivity contribution is 7.85. The van der Waals surface area contributed by atoms with Crippen LogP contribution in [0, 0.1) is 5.92 Å². The van der Waals surface area contributed by atoms with Crippen LogP contribution in [0.5, 0.6) is 0 Å². The number of aliphatic hydroxyl groups is 1. The lowest BCUT2D eigenvalue weighted by atomic mass is 9.91. The quantitative estimate of drug-likeness (QED) is 0.648. The van der Waals surface area contributed by atoms with Gasteiger partial charge in [-0.3, -0.25) is 4.21 Å². The van der Waals surface area contributed by atoms with E-state index in [2.05, 4.69) is 12.2 Å². The maximum Gasteiger partial charge on any atom is 0.0779 e. The maximum absolute atomic E-state index is 12.1. The van der Waals surface area contributed by atoms with E-state index in [1.54, 1.807) is 7.11 Å². The summed E-state index contributed by atoms with van der Waals surface area (Å²) in [7, 11) is 0.764. The van der Waals surface area contributed by atoms with Gasteiger partial charge < -0.3 is 15.2 Å². The van der Waals surface area contributed by atoms with Crippen LogP contribution in [0.15, 0.2) is 0 Å². The average Bonchev–Trinajstić information content (AvgIpc) is 2.34. The number of ether oxygens (including phenoxy) is 1. The Balaban J connectivity index is 2.17. The van der Waals surface area contributed by atoms with Gasteiger partial charge in [-0.05, 0) is 18.8 Å². The summed E-state index contributed by atoms with van der Waals surface area (Å²) in [6, 6.07) is 0. The Kier molecular flexibility index (Phi) is 8.06. The lowest BCUT2D eigenvalue weighted by Crippen LogP contribution is -2.35. The van der Waals surface area contributed by atoms with Crippen LogP contribution in [0.1, 0.15) is 32.6 Å². The molecule has 4 nitrogen and oxygen atoms in total. The summed E-state index contributed by atoms with van der Waals surface area (Å²) in [4.78, 5) is 0. The molecule has 4 unspecified atom stereocenters. The maximum atomic E-state index is 12.1. The molecule has 0 bridgehead atoms. The van der Waals surface area contributed by atoms with E-state index in [-0.39, 0.29) is 0 Å². The first-order chi connectivity index (χ1) is 8.63. The number of methoxy groups -OCH3 is 1. The van der Waals surface area contributed by atoms with Crippen molar-refractivity contribution >= 4 is 10.8 Å². The topological polar surface area (TPSA) is 58.6 Å². The second-order valence-corrected chi connectivity index (χ2v) is 7.05. The molecule has 5 heteroatoms. The Hall–Kier alpha value is 0.0300. The molecule has 1 saturated carbocycles. The summed E-state index contributed by atoms with van der Waals surface area (Å²) < 4.78 is 17.0. The summed E-state index contributed by atoms with van der Waals surface area (Å²) in [5, 5.41) is 13.2. The fourth-order valence-corrected chi connectivity index (χ4v) is 4.19. The van der Waals surface area contributed by atoms with Crippen molar-refractivity contribution in [2.45, 2.75) is 44.0 Å². The molecule has 0 amide bonds. The van der Waals surface area contributed by atoms with Gasteiger partial charge in [0.1, 0.15) is 0 Å². The largest absolute Gasteiger partial charge is 0.391 e. The number of nitrogens with one attached hydrogen (secondary N) is 1. The second kappa shape index (κ2) is 9.02. The molecule has 1 aliphatic rings. The molecule has 108 valence electrons. The van der Waals surface area contributed by atoms with Crippen LogP contribution in [0.25, 0.3) is 0 Å². The van der Waals surface area contributed by atoms with Gasteiger partial charge in [0.15, 0.2) is 0 Å². The van der Waals surface area contributed by atoms with Crippen molar-refractivity contribution in [3.63, 3.8) is 0 Å². The Morgan fingerprint density at radius 1 is 1.50 bits per heavy atom. The van der Waals surface area contributed by atoms with Gasteiger partial charge >= 0.3 is 0 Å². The highest BCUT2D eigenvalue weighted by Crippen LogP contribution is 2.27. The second-order valence-electron chi connectivity index (χ2n) is 5.29. The van der Waals surface area contributed by atoms with Crippen molar-refractivity contribution in [1.82, 2.24) is 5.32 Å². The predicted molar refractivity (Wildman–Crippen MR) is 75.2 cm³/mol. The van der Waals surface area contributed by atoms with Crippen LogP contribution in [0.4, 0.5) is 0 Å². The molecule has 2 N–H and O–H groups in total. The molecule has 0 aromatic carbocycles. The lowest BCUT2D eigenvalue weighted by molar-refractivity contribution is 0.174. The molecule has 0 saturated heterocycles. The van der Waals surface area contributed by atoms with Crippen LogP contribution in [0.3, 0.4) is 0 Å². The fourth-order valence-electron chi connectivity index (χ4n) is 2.44. The van der Waals surface area contributed by atoms with E-state index in [1.807, 2.05) is 0 Å². The van der Waals surface area contributed by atoms with E-state index in [0.29, 0.717) is 30.1 Å². The third kappa shape index (κ3) is 6.27. The zero-order valence-corrected chi connectivity index (χ0v) is 12.4. The van der Waals surface area contributed by atoms with E-state index in [0.717, 1.165) is 19.4 Å².